The maximum absolute atomic E-state index is 13.0. The minimum absolute atomic E-state index is 0.146. The van der Waals surface area contributed by atoms with Crippen LogP contribution in [0.3, 0.4) is 0 Å². The number of rotatable bonds is 6. The Morgan fingerprint density at radius 3 is 2.79 bits per heavy atom. The van der Waals surface area contributed by atoms with Crippen molar-refractivity contribution in [1.29, 1.82) is 0 Å². The van der Waals surface area contributed by atoms with Crippen LogP contribution in [0.1, 0.15) is 37.2 Å². The summed E-state index contributed by atoms with van der Waals surface area (Å²) in [6.45, 7) is 5.44. The molecular weight excluding hydrogens is 378 g/mol. The molecule has 1 saturated heterocycles. The Hall–Kier alpha value is -2.32. The Labute approximate surface area is 166 Å². The Balaban J connectivity index is 1.83. The van der Waals surface area contributed by atoms with Gasteiger partial charge in [0.2, 0.25) is 10.0 Å². The number of benzene rings is 1. The molecule has 1 aromatic carbocycles. The van der Waals surface area contributed by atoms with E-state index in [1.807, 2.05) is 13.0 Å². The third-order valence-corrected chi connectivity index (χ3v) is 6.74. The molecule has 1 aliphatic rings. The van der Waals surface area contributed by atoms with Crippen LogP contribution in [0, 0.1) is 5.92 Å². The lowest BCUT2D eigenvalue weighted by atomic mass is 10.0. The summed E-state index contributed by atoms with van der Waals surface area (Å²) in [5.74, 6) is 0.524. The van der Waals surface area contributed by atoms with Gasteiger partial charge in [0.1, 0.15) is 16.3 Å². The number of ether oxygens (including phenoxy) is 1. The second-order valence-electron chi connectivity index (χ2n) is 7.17. The summed E-state index contributed by atoms with van der Waals surface area (Å²) in [5, 5.41) is 2.81. The summed E-state index contributed by atoms with van der Waals surface area (Å²) in [6, 6.07) is 8.59. The third-order valence-electron chi connectivity index (χ3n) is 4.91. The van der Waals surface area contributed by atoms with Gasteiger partial charge in [-0.2, -0.15) is 4.31 Å². The predicted octanol–water partition coefficient (Wildman–Crippen LogP) is 3.10. The minimum Gasteiger partial charge on any atom is -0.492 e. The first kappa shape index (κ1) is 20.4. The summed E-state index contributed by atoms with van der Waals surface area (Å²) in [7, 11) is -1.94. The highest BCUT2D eigenvalue weighted by Gasteiger charge is 2.30. The lowest BCUT2D eigenvalue weighted by Crippen LogP contribution is -2.38. The number of anilines is 1. The average molecular weight is 406 g/mol. The largest absolute Gasteiger partial charge is 0.492 e. The van der Waals surface area contributed by atoms with Crippen molar-refractivity contribution in [3.8, 4) is 5.75 Å². The van der Waals surface area contributed by atoms with E-state index in [0.29, 0.717) is 37.1 Å². The van der Waals surface area contributed by atoms with Gasteiger partial charge in [-0.25, -0.2) is 8.42 Å². The fourth-order valence-electron chi connectivity index (χ4n) is 3.45. The molecular formula is C20H27N3O4S. The first-order valence-corrected chi connectivity index (χ1v) is 11.0. The van der Waals surface area contributed by atoms with Crippen molar-refractivity contribution in [2.24, 2.45) is 13.0 Å². The van der Waals surface area contributed by atoms with Crippen LogP contribution in [0.5, 0.6) is 5.75 Å². The molecule has 0 saturated carbocycles. The molecule has 0 aliphatic carbocycles. The van der Waals surface area contributed by atoms with Crippen LogP contribution in [0.25, 0.3) is 0 Å². The first-order valence-electron chi connectivity index (χ1n) is 9.52. The minimum atomic E-state index is -3.61. The van der Waals surface area contributed by atoms with E-state index in [2.05, 4.69) is 12.2 Å². The molecule has 1 fully saturated rings. The number of amides is 1. The van der Waals surface area contributed by atoms with Gasteiger partial charge < -0.3 is 14.6 Å². The highest BCUT2D eigenvalue weighted by Crippen LogP contribution is 2.27. The quantitative estimate of drug-likeness (QED) is 0.801. The molecule has 0 bridgehead atoms. The lowest BCUT2D eigenvalue weighted by molar-refractivity contribution is 0.101. The van der Waals surface area contributed by atoms with Crippen LogP contribution in [0.2, 0.25) is 0 Å². The fraction of sp³-hybridized carbons (Fsp3) is 0.450. The average Bonchev–Trinajstić information content (AvgIpc) is 3.06. The molecule has 2 aromatic rings. The van der Waals surface area contributed by atoms with Crippen LogP contribution in [-0.4, -0.2) is 42.9 Å². The van der Waals surface area contributed by atoms with Crippen LogP contribution >= 0.6 is 0 Å². The molecule has 2 heterocycles. The van der Waals surface area contributed by atoms with Crippen molar-refractivity contribution in [3.05, 3.63) is 42.2 Å². The number of sulfonamides is 1. The highest BCUT2D eigenvalue weighted by molar-refractivity contribution is 7.89. The maximum atomic E-state index is 13.0. The van der Waals surface area contributed by atoms with Gasteiger partial charge in [0.25, 0.3) is 5.91 Å². The van der Waals surface area contributed by atoms with Crippen molar-refractivity contribution >= 4 is 21.6 Å². The van der Waals surface area contributed by atoms with Crippen LogP contribution in [0.15, 0.2) is 41.4 Å². The van der Waals surface area contributed by atoms with Crippen LogP contribution < -0.4 is 10.1 Å². The van der Waals surface area contributed by atoms with Crippen molar-refractivity contribution in [2.75, 3.05) is 25.0 Å². The molecule has 3 rings (SSSR count). The number of hydrogen-bond donors (Lipinski definition) is 1. The number of piperidine rings is 1. The van der Waals surface area contributed by atoms with E-state index in [1.165, 1.54) is 16.6 Å². The Morgan fingerprint density at radius 1 is 1.32 bits per heavy atom. The molecule has 1 amide bonds. The normalized spacial score (nSPS) is 18.0. The zero-order chi connectivity index (χ0) is 20.3. The fourth-order valence-corrected chi connectivity index (χ4v) is 5.12. The Morgan fingerprint density at radius 2 is 2.07 bits per heavy atom. The number of hydrogen-bond acceptors (Lipinski definition) is 4. The van der Waals surface area contributed by atoms with Gasteiger partial charge in [0.05, 0.1) is 12.3 Å². The first-order chi connectivity index (χ1) is 13.3. The van der Waals surface area contributed by atoms with Gasteiger partial charge >= 0.3 is 0 Å². The topological polar surface area (TPSA) is 80.6 Å². The Kier molecular flexibility index (Phi) is 6.10. The molecule has 1 aliphatic heterocycles. The predicted molar refractivity (Wildman–Crippen MR) is 108 cm³/mol. The van der Waals surface area contributed by atoms with E-state index in [9.17, 15) is 13.2 Å². The zero-order valence-corrected chi connectivity index (χ0v) is 17.3. The van der Waals surface area contributed by atoms with Crippen molar-refractivity contribution in [3.63, 3.8) is 0 Å². The number of para-hydroxylation sites is 2. The van der Waals surface area contributed by atoms with E-state index >= 15 is 0 Å². The molecule has 28 heavy (non-hydrogen) atoms. The number of nitrogens with one attached hydrogen (secondary N) is 1. The monoisotopic (exact) mass is 405 g/mol. The maximum Gasteiger partial charge on any atom is 0.272 e. The highest BCUT2D eigenvalue weighted by atomic mass is 32.2. The summed E-state index contributed by atoms with van der Waals surface area (Å²) < 4.78 is 34.5. The number of aryl methyl sites for hydroxylation is 1. The van der Waals surface area contributed by atoms with Gasteiger partial charge in [0.15, 0.2) is 0 Å². The van der Waals surface area contributed by atoms with Gasteiger partial charge in [-0.3, -0.25) is 4.79 Å². The van der Waals surface area contributed by atoms with E-state index in [-0.39, 0.29) is 16.5 Å². The van der Waals surface area contributed by atoms with E-state index in [1.54, 1.807) is 29.8 Å². The third kappa shape index (κ3) is 4.23. The number of carbonyl (C=O) groups excluding carboxylic acids is 1. The summed E-state index contributed by atoms with van der Waals surface area (Å²) in [5.41, 5.74) is 0.819. The molecule has 1 aromatic heterocycles. The molecule has 1 atom stereocenters. The summed E-state index contributed by atoms with van der Waals surface area (Å²) in [4.78, 5) is 12.9. The summed E-state index contributed by atoms with van der Waals surface area (Å²) >= 11 is 0. The molecule has 8 heteroatoms. The molecule has 0 radical (unpaired) electrons. The van der Waals surface area contributed by atoms with Gasteiger partial charge in [-0.15, -0.1) is 0 Å². The van der Waals surface area contributed by atoms with Crippen molar-refractivity contribution in [1.82, 2.24) is 8.87 Å². The molecule has 152 valence electrons. The lowest BCUT2D eigenvalue weighted by Gasteiger charge is -2.29. The molecule has 1 unspecified atom stereocenters. The van der Waals surface area contributed by atoms with E-state index in [4.69, 9.17) is 4.74 Å². The Bertz CT molecular complexity index is 952. The van der Waals surface area contributed by atoms with Crippen LogP contribution in [0.4, 0.5) is 5.69 Å². The number of carbonyl (C=O) groups is 1. The van der Waals surface area contributed by atoms with Gasteiger partial charge in [-0.1, -0.05) is 19.1 Å². The smallest absolute Gasteiger partial charge is 0.272 e. The number of aromatic nitrogens is 1. The zero-order valence-electron chi connectivity index (χ0n) is 16.5. The second kappa shape index (κ2) is 8.36. The SMILES string of the molecule is CCOc1ccccc1NC(=O)c1cc(S(=O)(=O)N2CCCC(C)C2)cn1C. The molecule has 0 spiro atoms. The van der Waals surface area contributed by atoms with Crippen molar-refractivity contribution < 1.29 is 17.9 Å². The number of nitrogens with zero attached hydrogens (tertiary/aromatic N) is 2. The van der Waals surface area contributed by atoms with Crippen molar-refractivity contribution in [2.45, 2.75) is 31.6 Å². The van der Waals surface area contributed by atoms with E-state index < -0.39 is 10.0 Å². The molecule has 7 nitrogen and oxygen atoms in total. The summed E-state index contributed by atoms with van der Waals surface area (Å²) in [6.07, 6.45) is 3.39. The standard InChI is InChI=1S/C20H27N3O4S/c1-4-27-19-10-6-5-9-17(19)21-20(24)18-12-16(14-22(18)3)28(25,26)23-11-7-8-15(2)13-23/h5-6,9-10,12,14-15H,4,7-8,11,13H2,1-3H3,(H,21,24). The van der Waals surface area contributed by atoms with E-state index in [0.717, 1.165) is 12.8 Å². The molecule has 1 N–H and O–H groups in total. The van der Waals surface area contributed by atoms with Gasteiger partial charge in [-0.05, 0) is 43.9 Å². The van der Waals surface area contributed by atoms with Crippen LogP contribution in [-0.2, 0) is 17.1 Å². The second-order valence-corrected chi connectivity index (χ2v) is 9.10. The van der Waals surface area contributed by atoms with Gasteiger partial charge in [0, 0.05) is 26.3 Å².